The fourth-order valence-electron chi connectivity index (χ4n) is 3.20. The molecule has 23 heavy (non-hydrogen) atoms. The first-order valence-corrected chi connectivity index (χ1v) is 7.68. The maximum Gasteiger partial charge on any atom is 0.333 e. The highest BCUT2D eigenvalue weighted by Crippen LogP contribution is 2.39. The molecule has 2 heterocycles. The van der Waals surface area contributed by atoms with Crippen LogP contribution < -0.4 is 9.64 Å². The van der Waals surface area contributed by atoms with Crippen LogP contribution in [0.5, 0.6) is 5.75 Å². The molecule has 0 amide bonds. The van der Waals surface area contributed by atoms with Crippen LogP contribution in [-0.4, -0.2) is 35.3 Å². The van der Waals surface area contributed by atoms with E-state index >= 15 is 0 Å². The number of nitrogens with one attached hydrogen (secondary N) is 1. The van der Waals surface area contributed by atoms with Gasteiger partial charge in [-0.3, -0.25) is 15.2 Å². The van der Waals surface area contributed by atoms with Crippen LogP contribution in [0, 0.1) is 17.0 Å². The molecule has 1 saturated heterocycles. The topological polar surface area (TPSA) is 84.3 Å². The molecule has 3 rings (SSSR count). The summed E-state index contributed by atoms with van der Waals surface area (Å²) in [5, 5.41) is 18.8. The van der Waals surface area contributed by atoms with E-state index in [0.29, 0.717) is 11.4 Å². The molecule has 1 aromatic carbocycles. The summed E-state index contributed by atoms with van der Waals surface area (Å²) in [4.78, 5) is 13.2. The van der Waals surface area contributed by atoms with Crippen molar-refractivity contribution in [2.24, 2.45) is 0 Å². The smallest absolute Gasteiger partial charge is 0.333 e. The van der Waals surface area contributed by atoms with Gasteiger partial charge in [0.25, 0.3) is 0 Å². The van der Waals surface area contributed by atoms with E-state index in [-0.39, 0.29) is 16.5 Å². The van der Waals surface area contributed by atoms with Crippen molar-refractivity contribution in [2.45, 2.75) is 25.7 Å². The molecule has 0 spiro atoms. The minimum absolute atomic E-state index is 0.0360. The molecule has 1 unspecified atom stereocenters. The Morgan fingerprint density at radius 1 is 1.48 bits per heavy atom. The molecule has 1 aliphatic heterocycles. The van der Waals surface area contributed by atoms with E-state index in [1.165, 1.54) is 7.11 Å². The molecule has 1 fully saturated rings. The van der Waals surface area contributed by atoms with E-state index in [2.05, 4.69) is 15.1 Å². The molecule has 1 aliphatic rings. The number of nitrogens with zero attached hydrogens (tertiary/aromatic N) is 3. The van der Waals surface area contributed by atoms with Gasteiger partial charge in [-0.1, -0.05) is 6.07 Å². The van der Waals surface area contributed by atoms with Gasteiger partial charge in [-0.2, -0.15) is 5.10 Å². The zero-order valence-electron chi connectivity index (χ0n) is 13.3. The highest BCUT2D eigenvalue weighted by molar-refractivity contribution is 5.70. The van der Waals surface area contributed by atoms with Crippen molar-refractivity contribution in [1.82, 2.24) is 10.2 Å². The molecule has 0 saturated carbocycles. The number of anilines is 1. The number of nitro groups is 1. The normalized spacial score (nSPS) is 18.0. The first-order chi connectivity index (χ1) is 11.1. The average molecular weight is 316 g/mol. The zero-order chi connectivity index (χ0) is 16.4. The van der Waals surface area contributed by atoms with Crippen LogP contribution in [-0.2, 0) is 0 Å². The van der Waals surface area contributed by atoms with Crippen molar-refractivity contribution in [2.75, 3.05) is 25.1 Å². The summed E-state index contributed by atoms with van der Waals surface area (Å²) >= 11 is 0. The van der Waals surface area contributed by atoms with Crippen molar-refractivity contribution >= 4 is 11.4 Å². The van der Waals surface area contributed by atoms with Gasteiger partial charge in [0.1, 0.15) is 5.69 Å². The molecule has 122 valence electrons. The highest BCUT2D eigenvalue weighted by atomic mass is 16.6. The molecular weight excluding hydrogens is 296 g/mol. The Bertz CT molecular complexity index is 713. The van der Waals surface area contributed by atoms with Crippen LogP contribution in [0.25, 0.3) is 0 Å². The number of hydrogen-bond acceptors (Lipinski definition) is 5. The Morgan fingerprint density at radius 3 is 2.96 bits per heavy atom. The molecule has 2 aromatic rings. The van der Waals surface area contributed by atoms with Crippen molar-refractivity contribution in [1.29, 1.82) is 0 Å². The lowest BCUT2D eigenvalue weighted by Crippen LogP contribution is -2.35. The molecule has 7 heteroatoms. The number of hydrogen-bond donors (Lipinski definition) is 1. The Hall–Kier alpha value is -2.57. The summed E-state index contributed by atoms with van der Waals surface area (Å²) in [5.74, 6) is 0.574. The number of ether oxygens (including phenoxy) is 1. The maximum atomic E-state index is 11.5. The predicted molar refractivity (Wildman–Crippen MR) is 87.2 cm³/mol. The van der Waals surface area contributed by atoms with Gasteiger partial charge in [0.2, 0.25) is 0 Å². The van der Waals surface area contributed by atoms with Crippen LogP contribution in [0.15, 0.2) is 24.3 Å². The molecule has 7 nitrogen and oxygen atoms in total. The number of aromatic nitrogens is 2. The summed E-state index contributed by atoms with van der Waals surface area (Å²) in [6.45, 7) is 3.50. The SMILES string of the molecule is COc1cccc(N2CCCC(c3cc(C)[nH]n3)C2)c1[N+](=O)[O-]. The largest absolute Gasteiger partial charge is 0.490 e. The minimum atomic E-state index is -0.365. The number of benzene rings is 1. The standard InChI is InChI=1S/C16H20N4O3/c1-11-9-13(18-17-11)12-5-4-8-19(10-12)14-6-3-7-15(23-2)16(14)20(21)22/h3,6-7,9,12H,4-5,8,10H2,1-2H3,(H,17,18). The van der Waals surface area contributed by atoms with Gasteiger partial charge in [0.05, 0.1) is 17.7 Å². The highest BCUT2D eigenvalue weighted by Gasteiger charge is 2.29. The van der Waals surface area contributed by atoms with Crippen molar-refractivity contribution in [3.63, 3.8) is 0 Å². The van der Waals surface area contributed by atoms with Gasteiger partial charge in [-0.05, 0) is 38.0 Å². The van der Waals surface area contributed by atoms with Gasteiger partial charge in [0, 0.05) is 24.7 Å². The number of aromatic amines is 1. The second kappa shape index (κ2) is 6.28. The Balaban J connectivity index is 1.91. The van der Waals surface area contributed by atoms with Crippen LogP contribution in [0.3, 0.4) is 0 Å². The van der Waals surface area contributed by atoms with Crippen molar-refractivity contribution < 1.29 is 9.66 Å². The lowest BCUT2D eigenvalue weighted by Gasteiger charge is -2.33. The summed E-state index contributed by atoms with van der Waals surface area (Å²) in [7, 11) is 1.46. The van der Waals surface area contributed by atoms with Crippen molar-refractivity contribution in [3.8, 4) is 5.75 Å². The number of methoxy groups -OCH3 is 1. The van der Waals surface area contributed by atoms with Gasteiger partial charge in [-0.25, -0.2) is 0 Å². The minimum Gasteiger partial charge on any atom is -0.490 e. The number of H-pyrrole nitrogens is 1. The molecule has 0 bridgehead atoms. The number of rotatable bonds is 4. The van der Waals surface area contributed by atoms with Crippen LogP contribution in [0.1, 0.15) is 30.1 Å². The van der Waals surface area contributed by atoms with Gasteiger partial charge in [-0.15, -0.1) is 0 Å². The van der Waals surface area contributed by atoms with Crippen LogP contribution in [0.2, 0.25) is 0 Å². The fraction of sp³-hybridized carbons (Fsp3) is 0.438. The van der Waals surface area contributed by atoms with E-state index < -0.39 is 0 Å². The van der Waals surface area contributed by atoms with Crippen molar-refractivity contribution in [3.05, 3.63) is 45.8 Å². The first-order valence-electron chi connectivity index (χ1n) is 7.68. The van der Waals surface area contributed by atoms with E-state index in [0.717, 1.165) is 37.3 Å². The van der Waals surface area contributed by atoms with Gasteiger partial charge < -0.3 is 9.64 Å². The lowest BCUT2D eigenvalue weighted by atomic mass is 9.94. The number of aryl methyl sites for hydroxylation is 1. The number of para-hydroxylation sites is 1. The molecular formula is C16H20N4O3. The average Bonchev–Trinajstić information content (AvgIpc) is 3.00. The fourth-order valence-corrected chi connectivity index (χ4v) is 3.20. The van der Waals surface area contributed by atoms with Gasteiger partial charge in [0.15, 0.2) is 5.75 Å². The summed E-state index contributed by atoms with van der Waals surface area (Å²) in [6.07, 6.45) is 2.02. The molecule has 1 atom stereocenters. The molecule has 1 aromatic heterocycles. The van der Waals surface area contributed by atoms with E-state index in [4.69, 9.17) is 4.74 Å². The lowest BCUT2D eigenvalue weighted by molar-refractivity contribution is -0.385. The summed E-state index contributed by atoms with van der Waals surface area (Å²) < 4.78 is 5.17. The molecule has 0 aliphatic carbocycles. The monoisotopic (exact) mass is 316 g/mol. The predicted octanol–water partition coefficient (Wildman–Crippen LogP) is 3.02. The molecule has 1 N–H and O–H groups in total. The van der Waals surface area contributed by atoms with Crippen LogP contribution >= 0.6 is 0 Å². The summed E-state index contributed by atoms with van der Waals surface area (Å²) in [5.41, 5.74) is 2.71. The van der Waals surface area contributed by atoms with Gasteiger partial charge >= 0.3 is 5.69 Å². The zero-order valence-corrected chi connectivity index (χ0v) is 13.3. The van der Waals surface area contributed by atoms with Crippen LogP contribution in [0.4, 0.5) is 11.4 Å². The third-order valence-corrected chi connectivity index (χ3v) is 4.29. The maximum absolute atomic E-state index is 11.5. The Kier molecular flexibility index (Phi) is 4.18. The first kappa shape index (κ1) is 15.3. The Morgan fingerprint density at radius 2 is 2.30 bits per heavy atom. The number of piperidine rings is 1. The van der Waals surface area contributed by atoms with E-state index in [1.807, 2.05) is 13.0 Å². The summed E-state index contributed by atoms with van der Waals surface area (Å²) in [6, 6.07) is 7.26. The van der Waals surface area contributed by atoms with E-state index in [1.54, 1.807) is 18.2 Å². The third-order valence-electron chi connectivity index (χ3n) is 4.29. The third kappa shape index (κ3) is 2.99. The quantitative estimate of drug-likeness (QED) is 0.692. The second-order valence-electron chi connectivity index (χ2n) is 5.85. The molecule has 0 radical (unpaired) electrons. The Labute approximate surface area is 134 Å². The van der Waals surface area contributed by atoms with E-state index in [9.17, 15) is 10.1 Å². The second-order valence-corrected chi connectivity index (χ2v) is 5.85. The number of nitro benzene ring substituents is 1.